The molecule has 0 fully saturated rings. The maximum Gasteiger partial charge on any atom is 0.335 e. The van der Waals surface area contributed by atoms with Crippen LogP contribution in [0.1, 0.15) is 36.2 Å². The molecule has 0 bridgehead atoms. The molecule has 4 heteroatoms. The lowest BCUT2D eigenvalue weighted by Gasteiger charge is -2.28. The second-order valence-corrected chi connectivity index (χ2v) is 5.02. The highest BCUT2D eigenvalue weighted by Crippen LogP contribution is 2.12. The Balaban J connectivity index is 2.59. The van der Waals surface area contributed by atoms with E-state index in [4.69, 9.17) is 5.11 Å². The lowest BCUT2D eigenvalue weighted by Crippen LogP contribution is -2.38. The van der Waals surface area contributed by atoms with E-state index in [1.54, 1.807) is 24.3 Å². The molecule has 4 nitrogen and oxygen atoms in total. The fourth-order valence-corrected chi connectivity index (χ4v) is 1.81. The Morgan fingerprint density at radius 2 is 1.89 bits per heavy atom. The third kappa shape index (κ3) is 4.47. The molecule has 100 valence electrons. The van der Waals surface area contributed by atoms with Crippen LogP contribution in [0, 0.1) is 0 Å². The third-order valence-electron chi connectivity index (χ3n) is 3.03. The molecular weight excluding hydrogens is 230 g/mol. The first kappa shape index (κ1) is 14.7. The van der Waals surface area contributed by atoms with Gasteiger partial charge in [-0.25, -0.2) is 4.79 Å². The van der Waals surface area contributed by atoms with Gasteiger partial charge < -0.3 is 10.2 Å². The van der Waals surface area contributed by atoms with Gasteiger partial charge in [-0.1, -0.05) is 19.1 Å². The Bertz CT molecular complexity index is 398. The van der Waals surface area contributed by atoms with Crippen LogP contribution >= 0.6 is 0 Å². The summed E-state index contributed by atoms with van der Waals surface area (Å²) in [5, 5.41) is 18.8. The SMILES string of the molecule is CCC(C)(O)CN(C)Cc1ccc(C(=O)O)cc1. The minimum absolute atomic E-state index is 0.293. The van der Waals surface area contributed by atoms with Crippen molar-refractivity contribution in [2.24, 2.45) is 0 Å². The lowest BCUT2D eigenvalue weighted by molar-refractivity contribution is 0.0218. The van der Waals surface area contributed by atoms with Gasteiger partial charge in [0.1, 0.15) is 0 Å². The van der Waals surface area contributed by atoms with Gasteiger partial charge in [0.15, 0.2) is 0 Å². The normalized spacial score (nSPS) is 14.5. The van der Waals surface area contributed by atoms with Gasteiger partial charge in [0.05, 0.1) is 11.2 Å². The first-order valence-electron chi connectivity index (χ1n) is 6.07. The van der Waals surface area contributed by atoms with Crippen molar-refractivity contribution in [3.8, 4) is 0 Å². The number of benzene rings is 1. The number of carboxylic acid groups (broad SMARTS) is 1. The van der Waals surface area contributed by atoms with Gasteiger partial charge in [0, 0.05) is 13.1 Å². The summed E-state index contributed by atoms with van der Waals surface area (Å²) in [6, 6.07) is 6.81. The zero-order valence-electron chi connectivity index (χ0n) is 11.2. The molecule has 2 N–H and O–H groups in total. The Morgan fingerprint density at radius 3 is 2.33 bits per heavy atom. The zero-order chi connectivity index (χ0) is 13.8. The zero-order valence-corrected chi connectivity index (χ0v) is 11.2. The summed E-state index contributed by atoms with van der Waals surface area (Å²) in [5.74, 6) is -0.913. The predicted molar refractivity (Wildman–Crippen MR) is 70.7 cm³/mol. The largest absolute Gasteiger partial charge is 0.478 e. The molecule has 0 heterocycles. The van der Waals surface area contributed by atoms with Crippen molar-refractivity contribution in [1.29, 1.82) is 0 Å². The van der Waals surface area contributed by atoms with Gasteiger partial charge >= 0.3 is 5.97 Å². The van der Waals surface area contributed by atoms with E-state index in [1.165, 1.54) is 0 Å². The summed E-state index contributed by atoms with van der Waals surface area (Å²) in [6.45, 7) is 5.05. The van der Waals surface area contributed by atoms with Gasteiger partial charge in [0.2, 0.25) is 0 Å². The number of carboxylic acids is 1. The molecule has 1 aromatic rings. The highest BCUT2D eigenvalue weighted by Gasteiger charge is 2.19. The second kappa shape index (κ2) is 5.98. The maximum atomic E-state index is 10.7. The number of hydrogen-bond donors (Lipinski definition) is 2. The third-order valence-corrected chi connectivity index (χ3v) is 3.03. The maximum absolute atomic E-state index is 10.7. The summed E-state index contributed by atoms with van der Waals surface area (Å²) in [5.41, 5.74) is 0.645. The predicted octanol–water partition coefficient (Wildman–Crippen LogP) is 1.98. The van der Waals surface area contributed by atoms with E-state index in [0.29, 0.717) is 25.1 Å². The van der Waals surface area contributed by atoms with Crippen LogP contribution in [0.3, 0.4) is 0 Å². The molecule has 0 radical (unpaired) electrons. The topological polar surface area (TPSA) is 60.8 Å². The highest BCUT2D eigenvalue weighted by atomic mass is 16.4. The van der Waals surface area contributed by atoms with E-state index in [9.17, 15) is 9.90 Å². The Kier molecular flexibility index (Phi) is 4.87. The molecule has 18 heavy (non-hydrogen) atoms. The number of aliphatic hydroxyl groups is 1. The molecule has 0 aliphatic heterocycles. The van der Waals surface area contributed by atoms with Gasteiger partial charge in [-0.05, 0) is 38.1 Å². The minimum atomic E-state index is -0.913. The second-order valence-electron chi connectivity index (χ2n) is 5.02. The van der Waals surface area contributed by atoms with E-state index in [2.05, 4.69) is 0 Å². The van der Waals surface area contributed by atoms with Gasteiger partial charge in [0.25, 0.3) is 0 Å². The molecule has 1 aromatic carbocycles. The summed E-state index contributed by atoms with van der Waals surface area (Å²) in [6.07, 6.45) is 0.704. The molecule has 0 spiro atoms. The molecule has 0 saturated carbocycles. The fraction of sp³-hybridized carbons (Fsp3) is 0.500. The van der Waals surface area contributed by atoms with Crippen LogP contribution in [0.5, 0.6) is 0 Å². The van der Waals surface area contributed by atoms with Crippen LogP contribution in [0.4, 0.5) is 0 Å². The number of carbonyl (C=O) groups is 1. The smallest absolute Gasteiger partial charge is 0.335 e. The van der Waals surface area contributed by atoms with Crippen LogP contribution in [0.15, 0.2) is 24.3 Å². The number of aromatic carboxylic acids is 1. The number of nitrogens with zero attached hydrogens (tertiary/aromatic N) is 1. The van der Waals surface area contributed by atoms with E-state index in [0.717, 1.165) is 5.56 Å². The van der Waals surface area contributed by atoms with Crippen molar-refractivity contribution < 1.29 is 15.0 Å². The van der Waals surface area contributed by atoms with Crippen LogP contribution in [-0.2, 0) is 6.54 Å². The van der Waals surface area contributed by atoms with Gasteiger partial charge in [-0.15, -0.1) is 0 Å². The Labute approximate surface area is 108 Å². The van der Waals surface area contributed by atoms with Crippen LogP contribution in [0.25, 0.3) is 0 Å². The Hall–Kier alpha value is -1.39. The molecule has 0 aliphatic carbocycles. The molecule has 1 atom stereocenters. The monoisotopic (exact) mass is 251 g/mol. The van der Waals surface area contributed by atoms with Crippen LogP contribution < -0.4 is 0 Å². The van der Waals surface area contributed by atoms with Crippen molar-refractivity contribution in [3.63, 3.8) is 0 Å². The van der Waals surface area contributed by atoms with Crippen molar-refractivity contribution in [1.82, 2.24) is 4.90 Å². The molecule has 0 amide bonds. The molecule has 1 unspecified atom stereocenters. The first-order chi connectivity index (χ1) is 8.34. The van der Waals surface area contributed by atoms with E-state index < -0.39 is 11.6 Å². The highest BCUT2D eigenvalue weighted by molar-refractivity contribution is 5.87. The quantitative estimate of drug-likeness (QED) is 0.811. The average molecular weight is 251 g/mol. The molecule has 0 aromatic heterocycles. The summed E-state index contributed by atoms with van der Waals surface area (Å²) < 4.78 is 0. The number of rotatable bonds is 6. The molecule has 0 aliphatic rings. The minimum Gasteiger partial charge on any atom is -0.478 e. The molecule has 0 saturated heterocycles. The lowest BCUT2D eigenvalue weighted by atomic mass is 10.0. The molecule has 1 rings (SSSR count). The number of hydrogen-bond acceptors (Lipinski definition) is 3. The van der Waals surface area contributed by atoms with Gasteiger partial charge in [-0.3, -0.25) is 4.90 Å². The van der Waals surface area contributed by atoms with Crippen molar-refractivity contribution in [2.75, 3.05) is 13.6 Å². The number of likely N-dealkylation sites (N-methyl/N-ethyl adjacent to an activating group) is 1. The van der Waals surface area contributed by atoms with Gasteiger partial charge in [-0.2, -0.15) is 0 Å². The van der Waals surface area contributed by atoms with E-state index in [1.807, 2.05) is 25.8 Å². The fourth-order valence-electron chi connectivity index (χ4n) is 1.81. The van der Waals surface area contributed by atoms with E-state index in [-0.39, 0.29) is 0 Å². The Morgan fingerprint density at radius 1 is 1.33 bits per heavy atom. The van der Waals surface area contributed by atoms with Crippen molar-refractivity contribution in [2.45, 2.75) is 32.4 Å². The summed E-state index contributed by atoms with van der Waals surface area (Å²) in [7, 11) is 1.94. The van der Waals surface area contributed by atoms with Crippen LogP contribution in [-0.4, -0.2) is 40.3 Å². The summed E-state index contributed by atoms with van der Waals surface area (Å²) >= 11 is 0. The van der Waals surface area contributed by atoms with Crippen molar-refractivity contribution >= 4 is 5.97 Å². The average Bonchev–Trinajstić information content (AvgIpc) is 2.29. The first-order valence-corrected chi connectivity index (χ1v) is 6.07. The standard InChI is InChI=1S/C14H21NO3/c1-4-14(2,18)10-15(3)9-11-5-7-12(8-6-11)13(16)17/h5-8,18H,4,9-10H2,1-3H3,(H,16,17). The van der Waals surface area contributed by atoms with E-state index >= 15 is 0 Å². The molecular formula is C14H21NO3. The summed E-state index contributed by atoms with van der Waals surface area (Å²) in [4.78, 5) is 12.7. The van der Waals surface area contributed by atoms with Crippen LogP contribution in [0.2, 0.25) is 0 Å². The van der Waals surface area contributed by atoms with Crippen molar-refractivity contribution in [3.05, 3.63) is 35.4 Å².